The van der Waals surface area contributed by atoms with E-state index >= 15 is 0 Å². The van der Waals surface area contributed by atoms with Gasteiger partial charge in [-0.2, -0.15) is 13.2 Å². The topological polar surface area (TPSA) is 57.8 Å². The molecule has 0 spiro atoms. The van der Waals surface area contributed by atoms with Gasteiger partial charge in [0.2, 0.25) is 0 Å². The summed E-state index contributed by atoms with van der Waals surface area (Å²) in [5.74, 6) is 0.968. The van der Waals surface area contributed by atoms with Crippen molar-refractivity contribution in [1.29, 1.82) is 0 Å². The maximum Gasteiger partial charge on any atom is 0.417 e. The van der Waals surface area contributed by atoms with E-state index in [-0.39, 0.29) is 6.54 Å². The molecule has 0 radical (unpaired) electrons. The summed E-state index contributed by atoms with van der Waals surface area (Å²) in [5.41, 5.74) is 1.92. The number of nitrogens with one attached hydrogen (secondary N) is 1. The van der Waals surface area contributed by atoms with Crippen molar-refractivity contribution in [3.05, 3.63) is 65.1 Å². The van der Waals surface area contributed by atoms with Crippen LogP contribution in [0.25, 0.3) is 5.65 Å². The summed E-state index contributed by atoms with van der Waals surface area (Å²) in [4.78, 5) is 6.16. The SMILES string of the molecule is CN=C(NCc1nnc2ccc(C(F)(F)F)cn12)N(C)Cc1ccc(C)cc1. The average Bonchev–Trinajstić information content (AvgIpc) is 3.06. The van der Waals surface area contributed by atoms with Crippen molar-refractivity contribution < 1.29 is 13.2 Å². The molecule has 3 aromatic rings. The number of pyridine rings is 1. The molecule has 0 aliphatic carbocycles. The summed E-state index contributed by atoms with van der Waals surface area (Å²) >= 11 is 0. The maximum absolute atomic E-state index is 13.0. The molecule has 6 nitrogen and oxygen atoms in total. The minimum absolute atomic E-state index is 0.188. The summed E-state index contributed by atoms with van der Waals surface area (Å²) in [6.45, 7) is 2.85. The van der Waals surface area contributed by atoms with Crippen molar-refractivity contribution in [1.82, 2.24) is 24.8 Å². The molecular weight excluding hydrogens is 369 g/mol. The molecule has 1 N–H and O–H groups in total. The van der Waals surface area contributed by atoms with E-state index in [1.807, 2.05) is 43.1 Å². The number of hydrogen-bond acceptors (Lipinski definition) is 3. The van der Waals surface area contributed by atoms with Gasteiger partial charge >= 0.3 is 6.18 Å². The number of guanidine groups is 1. The highest BCUT2D eigenvalue weighted by Gasteiger charge is 2.31. The molecule has 0 amide bonds. The highest BCUT2D eigenvalue weighted by Crippen LogP contribution is 2.29. The summed E-state index contributed by atoms with van der Waals surface area (Å²) < 4.78 is 40.2. The van der Waals surface area contributed by atoms with E-state index in [9.17, 15) is 13.2 Å². The number of aliphatic imine (C=N–C) groups is 1. The Kier molecular flexibility index (Phi) is 5.53. The second-order valence-electron chi connectivity index (χ2n) is 6.50. The Morgan fingerprint density at radius 1 is 1.14 bits per heavy atom. The standard InChI is InChI=1S/C19H21F3N6/c1-13-4-6-14(7-5-13)11-27(3)18(23-2)24-10-17-26-25-16-9-8-15(12-28(16)17)19(20,21)22/h4-9,12H,10-11H2,1-3H3,(H,23,24). The van der Waals surface area contributed by atoms with Gasteiger partial charge in [-0.15, -0.1) is 10.2 Å². The quantitative estimate of drug-likeness (QED) is 0.549. The number of fused-ring (bicyclic) bond motifs is 1. The lowest BCUT2D eigenvalue weighted by Gasteiger charge is -2.22. The largest absolute Gasteiger partial charge is 0.417 e. The Balaban J connectivity index is 1.71. The van der Waals surface area contributed by atoms with Gasteiger partial charge in [0.25, 0.3) is 0 Å². The van der Waals surface area contributed by atoms with Gasteiger partial charge in [0, 0.05) is 26.8 Å². The Hall–Kier alpha value is -3.10. The van der Waals surface area contributed by atoms with Crippen LogP contribution in [-0.4, -0.2) is 39.6 Å². The monoisotopic (exact) mass is 390 g/mol. The fraction of sp³-hybridized carbons (Fsp3) is 0.316. The van der Waals surface area contributed by atoms with Crippen LogP contribution in [0.4, 0.5) is 13.2 Å². The van der Waals surface area contributed by atoms with Gasteiger partial charge in [0.15, 0.2) is 17.4 Å². The molecule has 2 aromatic heterocycles. The lowest BCUT2D eigenvalue weighted by molar-refractivity contribution is -0.137. The van der Waals surface area contributed by atoms with E-state index in [1.54, 1.807) is 7.05 Å². The Bertz CT molecular complexity index is 975. The van der Waals surface area contributed by atoms with Crippen LogP contribution in [0.5, 0.6) is 0 Å². The molecule has 0 unspecified atom stereocenters. The molecular formula is C19H21F3N6. The summed E-state index contributed by atoms with van der Waals surface area (Å²) in [6.07, 6.45) is -3.42. The predicted molar refractivity (Wildman–Crippen MR) is 101 cm³/mol. The van der Waals surface area contributed by atoms with Crippen molar-refractivity contribution in [2.75, 3.05) is 14.1 Å². The number of hydrogen-bond donors (Lipinski definition) is 1. The third-order valence-corrected chi connectivity index (χ3v) is 4.32. The average molecular weight is 390 g/mol. The van der Waals surface area contributed by atoms with Crippen molar-refractivity contribution in [3.63, 3.8) is 0 Å². The van der Waals surface area contributed by atoms with Crippen LogP contribution in [0.1, 0.15) is 22.5 Å². The third kappa shape index (κ3) is 4.41. The maximum atomic E-state index is 13.0. The van der Waals surface area contributed by atoms with Crippen LogP contribution in [-0.2, 0) is 19.3 Å². The molecule has 28 heavy (non-hydrogen) atoms. The molecule has 148 valence electrons. The number of aryl methyl sites for hydroxylation is 1. The minimum atomic E-state index is -4.42. The van der Waals surface area contributed by atoms with Gasteiger partial charge in [0.05, 0.1) is 12.1 Å². The number of nitrogens with zero attached hydrogens (tertiary/aromatic N) is 5. The first-order valence-electron chi connectivity index (χ1n) is 8.66. The molecule has 2 heterocycles. The number of rotatable bonds is 4. The number of halogens is 3. The van der Waals surface area contributed by atoms with Gasteiger partial charge in [-0.25, -0.2) is 0 Å². The molecule has 0 fully saturated rings. The summed E-state index contributed by atoms with van der Waals surface area (Å²) in [6, 6.07) is 10.5. The third-order valence-electron chi connectivity index (χ3n) is 4.32. The van der Waals surface area contributed by atoms with E-state index in [0.717, 1.165) is 17.8 Å². The van der Waals surface area contributed by atoms with Crippen molar-refractivity contribution >= 4 is 11.6 Å². The lowest BCUT2D eigenvalue weighted by Crippen LogP contribution is -2.38. The summed E-state index contributed by atoms with van der Waals surface area (Å²) in [7, 11) is 3.54. The first-order valence-corrected chi connectivity index (χ1v) is 8.66. The predicted octanol–water partition coefficient (Wildman–Crippen LogP) is 3.26. The van der Waals surface area contributed by atoms with Crippen molar-refractivity contribution in [2.24, 2.45) is 4.99 Å². The van der Waals surface area contributed by atoms with Gasteiger partial charge in [0.1, 0.15) is 0 Å². The lowest BCUT2D eigenvalue weighted by atomic mass is 10.1. The van der Waals surface area contributed by atoms with Crippen LogP contribution in [0.15, 0.2) is 47.6 Å². The van der Waals surface area contributed by atoms with Gasteiger partial charge in [-0.3, -0.25) is 9.39 Å². The fourth-order valence-electron chi connectivity index (χ4n) is 2.81. The number of aromatic nitrogens is 3. The summed E-state index contributed by atoms with van der Waals surface area (Å²) in [5, 5.41) is 11.0. The van der Waals surface area contributed by atoms with E-state index in [4.69, 9.17) is 0 Å². The molecule has 1 aromatic carbocycles. The van der Waals surface area contributed by atoms with E-state index in [0.29, 0.717) is 24.0 Å². The van der Waals surface area contributed by atoms with Crippen LogP contribution in [0.2, 0.25) is 0 Å². The molecule has 0 atom stereocenters. The zero-order chi connectivity index (χ0) is 20.3. The molecule has 0 aliphatic heterocycles. The molecule has 0 bridgehead atoms. The second kappa shape index (κ2) is 7.87. The minimum Gasteiger partial charge on any atom is -0.349 e. The zero-order valence-electron chi connectivity index (χ0n) is 15.8. The number of benzene rings is 1. The molecule has 0 saturated carbocycles. The Labute approximate surface area is 160 Å². The van der Waals surface area contributed by atoms with Crippen molar-refractivity contribution in [2.45, 2.75) is 26.2 Å². The van der Waals surface area contributed by atoms with Gasteiger partial charge < -0.3 is 10.2 Å². The first-order chi connectivity index (χ1) is 13.3. The molecule has 0 saturated heterocycles. The zero-order valence-corrected chi connectivity index (χ0v) is 15.8. The Morgan fingerprint density at radius 3 is 2.50 bits per heavy atom. The van der Waals surface area contributed by atoms with Crippen LogP contribution in [0, 0.1) is 6.92 Å². The number of alkyl halides is 3. The van der Waals surface area contributed by atoms with Crippen LogP contribution in [0.3, 0.4) is 0 Å². The van der Waals surface area contributed by atoms with Gasteiger partial charge in [-0.1, -0.05) is 29.8 Å². The Morgan fingerprint density at radius 2 is 1.86 bits per heavy atom. The van der Waals surface area contributed by atoms with Crippen LogP contribution < -0.4 is 5.32 Å². The first kappa shape index (κ1) is 19.7. The smallest absolute Gasteiger partial charge is 0.349 e. The molecule has 0 aliphatic rings. The highest BCUT2D eigenvalue weighted by atomic mass is 19.4. The molecule has 3 rings (SSSR count). The van der Waals surface area contributed by atoms with Gasteiger partial charge in [-0.05, 0) is 24.6 Å². The second-order valence-corrected chi connectivity index (χ2v) is 6.50. The van der Waals surface area contributed by atoms with E-state index < -0.39 is 11.7 Å². The van der Waals surface area contributed by atoms with E-state index in [1.165, 1.54) is 16.0 Å². The van der Waals surface area contributed by atoms with Crippen molar-refractivity contribution in [3.8, 4) is 0 Å². The highest BCUT2D eigenvalue weighted by molar-refractivity contribution is 5.79. The fourth-order valence-corrected chi connectivity index (χ4v) is 2.81. The normalized spacial score (nSPS) is 12.4. The van der Waals surface area contributed by atoms with Crippen LogP contribution >= 0.6 is 0 Å². The molecule has 9 heteroatoms. The van der Waals surface area contributed by atoms with E-state index in [2.05, 4.69) is 20.5 Å².